The fourth-order valence-corrected chi connectivity index (χ4v) is 4.39. The number of guanidine groups is 1. The van der Waals surface area contributed by atoms with Crippen molar-refractivity contribution in [3.05, 3.63) is 0 Å². The Kier molecular flexibility index (Phi) is 8.82. The largest absolute Gasteiger partial charge is 0.359 e. The minimum atomic E-state index is -3.27. The fourth-order valence-electron chi connectivity index (χ4n) is 3.42. The molecule has 2 rings (SSSR count). The molecule has 8 nitrogen and oxygen atoms in total. The minimum absolute atomic E-state index is 0.0156. The van der Waals surface area contributed by atoms with Crippen molar-refractivity contribution in [1.29, 1.82) is 0 Å². The van der Waals surface area contributed by atoms with Crippen LogP contribution in [0.25, 0.3) is 0 Å². The van der Waals surface area contributed by atoms with Gasteiger partial charge in [-0.05, 0) is 44.4 Å². The maximum Gasteiger partial charge on any atom is 0.220 e. The van der Waals surface area contributed by atoms with Gasteiger partial charge in [-0.3, -0.25) is 9.79 Å². The molecule has 1 saturated heterocycles. The quantitative estimate of drug-likeness (QED) is 0.386. The van der Waals surface area contributed by atoms with E-state index in [1.54, 1.807) is 7.05 Å². The molecule has 1 amide bonds. The SMILES string of the molecule is CCNC(=NCCS(=O)(=O)NCC1CCC1)N1CCC(CC(=O)NC)CC1. The van der Waals surface area contributed by atoms with Gasteiger partial charge in [-0.2, -0.15) is 0 Å². The summed E-state index contributed by atoms with van der Waals surface area (Å²) >= 11 is 0. The van der Waals surface area contributed by atoms with E-state index in [9.17, 15) is 13.2 Å². The Labute approximate surface area is 163 Å². The van der Waals surface area contributed by atoms with Crippen LogP contribution >= 0.6 is 0 Å². The monoisotopic (exact) mass is 401 g/mol. The fraction of sp³-hybridized carbons (Fsp3) is 0.889. The molecule has 0 unspecified atom stereocenters. The van der Waals surface area contributed by atoms with Crippen LogP contribution in [0.5, 0.6) is 0 Å². The van der Waals surface area contributed by atoms with Gasteiger partial charge in [0, 0.05) is 39.6 Å². The predicted molar refractivity (Wildman–Crippen MR) is 108 cm³/mol. The molecule has 1 aliphatic heterocycles. The summed E-state index contributed by atoms with van der Waals surface area (Å²) in [6.07, 6.45) is 5.92. The number of aliphatic imine (C=N–C) groups is 1. The summed E-state index contributed by atoms with van der Waals surface area (Å²) in [4.78, 5) is 18.2. The maximum atomic E-state index is 12.1. The lowest BCUT2D eigenvalue weighted by molar-refractivity contribution is -0.121. The van der Waals surface area contributed by atoms with Crippen molar-refractivity contribution in [2.24, 2.45) is 16.8 Å². The first kappa shape index (κ1) is 21.9. The molecule has 1 aliphatic carbocycles. The summed E-state index contributed by atoms with van der Waals surface area (Å²) in [6, 6.07) is 0. The maximum absolute atomic E-state index is 12.1. The zero-order chi connectivity index (χ0) is 19.7. The molecular formula is C18H35N5O3S. The van der Waals surface area contributed by atoms with Gasteiger partial charge >= 0.3 is 0 Å². The normalized spacial score (nSPS) is 19.6. The number of likely N-dealkylation sites (tertiary alicyclic amines) is 1. The van der Waals surface area contributed by atoms with Gasteiger partial charge < -0.3 is 15.5 Å². The first-order chi connectivity index (χ1) is 12.9. The average Bonchev–Trinajstić information content (AvgIpc) is 2.60. The molecule has 156 valence electrons. The van der Waals surface area contributed by atoms with E-state index in [1.165, 1.54) is 6.42 Å². The molecule has 1 heterocycles. The Morgan fingerprint density at radius 3 is 2.41 bits per heavy atom. The second-order valence-corrected chi connectivity index (χ2v) is 9.43. The molecular weight excluding hydrogens is 366 g/mol. The molecule has 0 radical (unpaired) electrons. The third-order valence-corrected chi connectivity index (χ3v) is 6.77. The van der Waals surface area contributed by atoms with Crippen LogP contribution in [0.3, 0.4) is 0 Å². The smallest absolute Gasteiger partial charge is 0.220 e. The molecule has 0 bridgehead atoms. The lowest BCUT2D eigenvalue weighted by atomic mass is 9.86. The number of hydrogen-bond acceptors (Lipinski definition) is 4. The molecule has 0 spiro atoms. The highest BCUT2D eigenvalue weighted by atomic mass is 32.2. The van der Waals surface area contributed by atoms with Gasteiger partial charge in [0.15, 0.2) is 5.96 Å². The number of hydrogen-bond donors (Lipinski definition) is 3. The van der Waals surface area contributed by atoms with Crippen molar-refractivity contribution in [3.63, 3.8) is 0 Å². The van der Waals surface area contributed by atoms with E-state index in [0.717, 1.165) is 51.3 Å². The molecule has 2 fully saturated rings. The summed E-state index contributed by atoms with van der Waals surface area (Å²) in [5, 5.41) is 5.94. The molecule has 9 heteroatoms. The summed E-state index contributed by atoms with van der Waals surface area (Å²) in [6.45, 7) is 5.22. The summed E-state index contributed by atoms with van der Waals surface area (Å²) in [5.74, 6) is 1.79. The lowest BCUT2D eigenvalue weighted by Gasteiger charge is -2.34. The predicted octanol–water partition coefficient (Wildman–Crippen LogP) is 0.520. The molecule has 27 heavy (non-hydrogen) atoms. The molecule has 0 aromatic heterocycles. The van der Waals surface area contributed by atoms with Crippen LogP contribution in [0.2, 0.25) is 0 Å². The average molecular weight is 402 g/mol. The number of sulfonamides is 1. The third-order valence-electron chi connectivity index (χ3n) is 5.44. The zero-order valence-corrected chi connectivity index (χ0v) is 17.5. The number of piperidine rings is 1. The Balaban J connectivity index is 1.78. The van der Waals surface area contributed by atoms with Gasteiger partial charge in [-0.1, -0.05) is 6.42 Å². The topological polar surface area (TPSA) is 103 Å². The summed E-state index contributed by atoms with van der Waals surface area (Å²) < 4.78 is 26.9. The lowest BCUT2D eigenvalue weighted by Crippen LogP contribution is -2.46. The number of amides is 1. The van der Waals surface area contributed by atoms with Crippen LogP contribution in [0.4, 0.5) is 0 Å². The van der Waals surface area contributed by atoms with Crippen molar-refractivity contribution >= 4 is 21.9 Å². The van der Waals surface area contributed by atoms with Gasteiger partial charge in [0.1, 0.15) is 0 Å². The van der Waals surface area contributed by atoms with Crippen molar-refractivity contribution in [2.45, 2.75) is 45.4 Å². The van der Waals surface area contributed by atoms with Crippen LogP contribution in [-0.2, 0) is 14.8 Å². The van der Waals surface area contributed by atoms with E-state index < -0.39 is 10.0 Å². The van der Waals surface area contributed by atoms with E-state index in [-0.39, 0.29) is 18.2 Å². The second kappa shape index (κ2) is 10.8. The second-order valence-electron chi connectivity index (χ2n) is 7.51. The van der Waals surface area contributed by atoms with Crippen molar-refractivity contribution < 1.29 is 13.2 Å². The molecule has 1 saturated carbocycles. The van der Waals surface area contributed by atoms with Crippen LogP contribution in [-0.4, -0.2) is 70.7 Å². The highest BCUT2D eigenvalue weighted by molar-refractivity contribution is 7.89. The van der Waals surface area contributed by atoms with Crippen LogP contribution < -0.4 is 15.4 Å². The standard InChI is InChI=1S/C18H35N5O3S/c1-3-20-18(23-10-7-15(8-11-23)13-17(24)19-2)21-9-12-27(25,26)22-14-16-5-4-6-16/h15-16,22H,3-14H2,1-2H3,(H,19,24)(H,20,21). The van der Waals surface area contributed by atoms with Crippen molar-refractivity contribution in [2.75, 3.05) is 45.5 Å². The Hall–Kier alpha value is -1.35. The number of carbonyl (C=O) groups is 1. The van der Waals surface area contributed by atoms with Gasteiger partial charge in [-0.15, -0.1) is 0 Å². The van der Waals surface area contributed by atoms with Crippen LogP contribution in [0.1, 0.15) is 45.4 Å². The highest BCUT2D eigenvalue weighted by Crippen LogP contribution is 2.25. The Bertz CT molecular complexity index is 596. The van der Waals surface area contributed by atoms with Gasteiger partial charge in [0.2, 0.25) is 15.9 Å². The molecule has 2 aliphatic rings. The number of nitrogens with one attached hydrogen (secondary N) is 3. The first-order valence-corrected chi connectivity index (χ1v) is 11.8. The molecule has 0 aromatic carbocycles. The highest BCUT2D eigenvalue weighted by Gasteiger charge is 2.23. The summed E-state index contributed by atoms with van der Waals surface area (Å²) in [5.41, 5.74) is 0. The van der Waals surface area contributed by atoms with E-state index in [1.807, 2.05) is 6.92 Å². The number of nitrogens with zero attached hydrogens (tertiary/aromatic N) is 2. The van der Waals surface area contributed by atoms with E-state index >= 15 is 0 Å². The third kappa shape index (κ3) is 7.65. The summed E-state index contributed by atoms with van der Waals surface area (Å²) in [7, 11) is -1.60. The van der Waals surface area contributed by atoms with Gasteiger partial charge in [0.25, 0.3) is 0 Å². The molecule has 0 atom stereocenters. The van der Waals surface area contributed by atoms with E-state index in [4.69, 9.17) is 0 Å². The zero-order valence-electron chi connectivity index (χ0n) is 16.7. The van der Waals surface area contributed by atoms with Crippen LogP contribution in [0.15, 0.2) is 4.99 Å². The van der Waals surface area contributed by atoms with Crippen molar-refractivity contribution in [3.8, 4) is 0 Å². The number of carbonyl (C=O) groups excluding carboxylic acids is 1. The minimum Gasteiger partial charge on any atom is -0.359 e. The van der Waals surface area contributed by atoms with Crippen LogP contribution in [0, 0.1) is 11.8 Å². The van der Waals surface area contributed by atoms with E-state index in [0.29, 0.717) is 24.8 Å². The van der Waals surface area contributed by atoms with Crippen molar-refractivity contribution in [1.82, 2.24) is 20.3 Å². The molecule has 0 aromatic rings. The molecule has 3 N–H and O–H groups in total. The Morgan fingerprint density at radius 2 is 1.85 bits per heavy atom. The van der Waals surface area contributed by atoms with E-state index in [2.05, 4.69) is 25.2 Å². The van der Waals surface area contributed by atoms with Gasteiger partial charge in [0.05, 0.1) is 12.3 Å². The number of rotatable bonds is 9. The first-order valence-electron chi connectivity index (χ1n) is 10.1. The van der Waals surface area contributed by atoms with Gasteiger partial charge in [-0.25, -0.2) is 13.1 Å². The Morgan fingerprint density at radius 1 is 1.15 bits per heavy atom.